The molecule has 0 saturated heterocycles. The highest BCUT2D eigenvalue weighted by atomic mass is 16.4. The quantitative estimate of drug-likeness (QED) is 0.644. The Labute approximate surface area is 105 Å². The Morgan fingerprint density at radius 3 is 2.68 bits per heavy atom. The van der Waals surface area contributed by atoms with Gasteiger partial charge in [0.2, 0.25) is 11.3 Å². The zero-order valence-electron chi connectivity index (χ0n) is 9.45. The van der Waals surface area contributed by atoms with Crippen molar-refractivity contribution in [3.05, 3.63) is 46.1 Å². The van der Waals surface area contributed by atoms with Crippen LogP contribution in [0.2, 0.25) is 0 Å². The highest BCUT2D eigenvalue weighted by molar-refractivity contribution is 5.95. The van der Waals surface area contributed by atoms with Gasteiger partial charge in [-0.15, -0.1) is 0 Å². The maximum Gasteiger partial charge on any atom is 0.341 e. The van der Waals surface area contributed by atoms with Crippen LogP contribution >= 0.6 is 0 Å². The lowest BCUT2D eigenvalue weighted by Gasteiger charge is -2.03. The molecule has 3 rings (SSSR count). The molecule has 2 aromatic heterocycles. The first-order chi connectivity index (χ1) is 9.08. The fraction of sp³-hybridized carbons (Fsp3) is 0. The molecule has 3 aromatic rings. The van der Waals surface area contributed by atoms with Crippen LogP contribution in [0.25, 0.3) is 22.1 Å². The second-order valence-electron chi connectivity index (χ2n) is 3.94. The number of hydrogen-bond acceptors (Lipinski definition) is 5. The summed E-state index contributed by atoms with van der Waals surface area (Å²) in [6, 6.07) is 7.64. The first-order valence-electron chi connectivity index (χ1n) is 5.37. The minimum absolute atomic E-state index is 0.0268. The van der Waals surface area contributed by atoms with Crippen LogP contribution in [-0.4, -0.2) is 21.2 Å². The molecule has 0 aliphatic rings. The van der Waals surface area contributed by atoms with Gasteiger partial charge in [0.25, 0.3) is 0 Å². The van der Waals surface area contributed by atoms with Crippen molar-refractivity contribution < 1.29 is 19.4 Å². The van der Waals surface area contributed by atoms with E-state index in [1.807, 2.05) is 0 Å². The van der Waals surface area contributed by atoms with Gasteiger partial charge in [-0.1, -0.05) is 12.1 Å². The summed E-state index contributed by atoms with van der Waals surface area (Å²) in [5.74, 6) is -2.05. The number of para-hydroxylation sites is 1. The molecule has 0 aliphatic heterocycles. The van der Waals surface area contributed by atoms with E-state index in [-0.39, 0.29) is 11.1 Å². The van der Waals surface area contributed by atoms with Crippen LogP contribution in [-0.2, 0) is 0 Å². The van der Waals surface area contributed by atoms with Crippen molar-refractivity contribution in [2.75, 3.05) is 0 Å². The number of aromatic nitrogens is 1. The largest absolute Gasteiger partial charge is 0.493 e. The van der Waals surface area contributed by atoms with Crippen molar-refractivity contribution in [2.24, 2.45) is 0 Å². The molecule has 0 atom stereocenters. The smallest absolute Gasteiger partial charge is 0.341 e. The van der Waals surface area contributed by atoms with E-state index in [4.69, 9.17) is 9.52 Å². The van der Waals surface area contributed by atoms with Gasteiger partial charge in [-0.3, -0.25) is 4.79 Å². The molecule has 0 unspecified atom stereocenters. The zero-order chi connectivity index (χ0) is 13.6. The van der Waals surface area contributed by atoms with Gasteiger partial charge in [0.05, 0.1) is 5.39 Å². The van der Waals surface area contributed by atoms with Crippen LogP contribution in [0.4, 0.5) is 0 Å². The second kappa shape index (κ2) is 3.81. The van der Waals surface area contributed by atoms with E-state index in [1.165, 1.54) is 0 Å². The topological polar surface area (TPSA) is 101 Å². The van der Waals surface area contributed by atoms with Gasteiger partial charge < -0.3 is 14.6 Å². The van der Waals surface area contributed by atoms with Gasteiger partial charge in [-0.2, -0.15) is 0 Å². The number of nitrogens with zero attached hydrogens (tertiary/aromatic N) is 1. The molecule has 2 N–H and O–H groups in total. The number of carboxylic acids is 1. The Balaban J connectivity index is 2.52. The van der Waals surface area contributed by atoms with Crippen LogP contribution in [0, 0.1) is 0 Å². The van der Waals surface area contributed by atoms with Gasteiger partial charge in [-0.25, -0.2) is 9.78 Å². The lowest BCUT2D eigenvalue weighted by molar-refractivity contribution is 0.0693. The highest BCUT2D eigenvalue weighted by Crippen LogP contribution is 2.22. The average molecular weight is 257 g/mol. The molecule has 6 nitrogen and oxygen atoms in total. The summed E-state index contributed by atoms with van der Waals surface area (Å²) >= 11 is 0. The first kappa shape index (κ1) is 11.2. The number of pyridine rings is 1. The summed E-state index contributed by atoms with van der Waals surface area (Å²) in [5.41, 5.74) is -0.557. The van der Waals surface area contributed by atoms with Gasteiger partial charge in [0, 0.05) is 6.07 Å². The van der Waals surface area contributed by atoms with Gasteiger partial charge >= 0.3 is 5.97 Å². The molecule has 0 radical (unpaired) electrons. The van der Waals surface area contributed by atoms with Gasteiger partial charge in [0.15, 0.2) is 11.1 Å². The van der Waals surface area contributed by atoms with Crippen LogP contribution in [0.3, 0.4) is 0 Å². The summed E-state index contributed by atoms with van der Waals surface area (Å²) in [5, 5.41) is 18.7. The molecule has 0 saturated carbocycles. The van der Waals surface area contributed by atoms with E-state index < -0.39 is 22.8 Å². The molecule has 6 heteroatoms. The number of carbonyl (C=O) groups is 1. The third kappa shape index (κ3) is 1.61. The van der Waals surface area contributed by atoms with Crippen molar-refractivity contribution in [2.45, 2.75) is 0 Å². The lowest BCUT2D eigenvalue weighted by atomic mass is 10.2. The molecule has 0 fully saturated rings. The lowest BCUT2D eigenvalue weighted by Crippen LogP contribution is -2.06. The Bertz CT molecular complexity index is 881. The Morgan fingerprint density at radius 2 is 1.95 bits per heavy atom. The Morgan fingerprint density at radius 1 is 1.21 bits per heavy atom. The molecular formula is C13H7NO5. The Kier molecular flexibility index (Phi) is 2.25. The fourth-order valence-corrected chi connectivity index (χ4v) is 1.87. The van der Waals surface area contributed by atoms with Crippen LogP contribution in [0.15, 0.2) is 39.5 Å². The summed E-state index contributed by atoms with van der Waals surface area (Å²) in [6.45, 7) is 0. The minimum atomic E-state index is -1.34. The molecule has 1 aromatic carbocycles. The SMILES string of the molecule is O=C(O)c1cc2oc3ccccc3c(=O)c2nc1O. The maximum absolute atomic E-state index is 12.1. The van der Waals surface area contributed by atoms with Crippen molar-refractivity contribution in [3.63, 3.8) is 0 Å². The van der Waals surface area contributed by atoms with E-state index in [0.717, 1.165) is 6.07 Å². The average Bonchev–Trinajstić information content (AvgIpc) is 2.39. The third-order valence-corrected chi connectivity index (χ3v) is 2.76. The monoisotopic (exact) mass is 257 g/mol. The van der Waals surface area contributed by atoms with E-state index in [9.17, 15) is 14.7 Å². The second-order valence-corrected chi connectivity index (χ2v) is 3.94. The molecule has 19 heavy (non-hydrogen) atoms. The summed E-state index contributed by atoms with van der Waals surface area (Å²) in [4.78, 5) is 26.6. The predicted octanol–water partition coefficient (Wildman–Crippen LogP) is 1.74. The number of fused-ring (bicyclic) bond motifs is 2. The van der Waals surface area contributed by atoms with Crippen LogP contribution in [0.5, 0.6) is 5.88 Å². The number of aromatic carboxylic acids is 1. The highest BCUT2D eigenvalue weighted by Gasteiger charge is 2.16. The summed E-state index contributed by atoms with van der Waals surface area (Å²) in [7, 11) is 0. The van der Waals surface area contributed by atoms with E-state index in [0.29, 0.717) is 11.0 Å². The number of aromatic hydroxyl groups is 1. The van der Waals surface area contributed by atoms with Crippen LogP contribution < -0.4 is 5.43 Å². The maximum atomic E-state index is 12.1. The molecule has 2 heterocycles. The van der Waals surface area contributed by atoms with Crippen molar-refractivity contribution in [3.8, 4) is 5.88 Å². The van der Waals surface area contributed by atoms with Gasteiger partial charge in [0.1, 0.15) is 11.1 Å². The van der Waals surface area contributed by atoms with E-state index in [1.54, 1.807) is 24.3 Å². The van der Waals surface area contributed by atoms with E-state index in [2.05, 4.69) is 4.98 Å². The van der Waals surface area contributed by atoms with Crippen LogP contribution in [0.1, 0.15) is 10.4 Å². The fourth-order valence-electron chi connectivity index (χ4n) is 1.87. The van der Waals surface area contributed by atoms with Crippen molar-refractivity contribution in [1.82, 2.24) is 4.98 Å². The van der Waals surface area contributed by atoms with Gasteiger partial charge in [-0.05, 0) is 12.1 Å². The standard InChI is InChI=1S/C13H7NO5/c15-11-6-3-1-2-4-8(6)19-9-5-7(13(17)18)12(16)14-10(9)11/h1-5H,(H,14,16)(H,17,18). The summed E-state index contributed by atoms with van der Waals surface area (Å²) in [6.07, 6.45) is 0. The molecule has 0 spiro atoms. The Hall–Kier alpha value is -2.89. The van der Waals surface area contributed by atoms with Crippen molar-refractivity contribution in [1.29, 1.82) is 0 Å². The molecule has 94 valence electrons. The minimum Gasteiger partial charge on any atom is -0.493 e. The molecule has 0 amide bonds. The van der Waals surface area contributed by atoms with Crippen molar-refractivity contribution >= 4 is 28.0 Å². The third-order valence-electron chi connectivity index (χ3n) is 2.76. The summed E-state index contributed by atoms with van der Waals surface area (Å²) < 4.78 is 5.44. The molecule has 0 bridgehead atoms. The number of hydrogen-bond donors (Lipinski definition) is 2. The number of rotatable bonds is 1. The first-order valence-corrected chi connectivity index (χ1v) is 5.37. The zero-order valence-corrected chi connectivity index (χ0v) is 9.45. The molecular weight excluding hydrogens is 250 g/mol. The number of carboxylic acid groups (broad SMARTS) is 1. The van der Waals surface area contributed by atoms with E-state index >= 15 is 0 Å². The predicted molar refractivity (Wildman–Crippen MR) is 66.4 cm³/mol. The molecule has 0 aliphatic carbocycles. The normalized spacial score (nSPS) is 10.9. The number of benzene rings is 1.